The first-order valence-electron chi connectivity index (χ1n) is 17.6. The molecule has 5 nitrogen and oxygen atoms in total. The lowest BCUT2D eigenvalue weighted by Gasteiger charge is -2.20. The zero-order valence-corrected chi connectivity index (χ0v) is 33.3. The molecule has 0 amide bonds. The molecule has 4 heterocycles. The average molecular weight is 800 g/mol. The number of hydrogen-bond donors (Lipinski definition) is 0. The standard InChI is InChI=1S/C43H38BrF3N2O3S/c1-40(2,3)21-10-12-32-24(14-21)27-16-23(42(7,8)9)17-28-25-18-26-29-19-31(44)39(52-53(50,51)43(45,46)47)36-30-15-22(41(4,5)6)11-13-33(30)49(38(29)36)35(26)20-34(25)48(32)37(27)28/h10-20H,1-9H3. The Morgan fingerprint density at radius 1 is 0.528 bits per heavy atom. The predicted molar refractivity (Wildman–Crippen MR) is 215 cm³/mol. The third-order valence-electron chi connectivity index (χ3n) is 11.0. The molecule has 0 aliphatic rings. The van der Waals surface area contributed by atoms with Gasteiger partial charge in [0.25, 0.3) is 0 Å². The molecule has 0 saturated heterocycles. The van der Waals surface area contributed by atoms with Crippen molar-refractivity contribution in [2.45, 2.75) is 84.1 Å². The first kappa shape index (κ1) is 34.5. The van der Waals surface area contributed by atoms with E-state index >= 15 is 0 Å². The van der Waals surface area contributed by atoms with Crippen molar-refractivity contribution in [1.82, 2.24) is 8.80 Å². The fourth-order valence-corrected chi connectivity index (χ4v) is 9.30. The minimum absolute atomic E-state index is 0.0360. The maximum Gasteiger partial charge on any atom is 0.534 e. The monoisotopic (exact) mass is 798 g/mol. The lowest BCUT2D eigenvalue weighted by molar-refractivity contribution is -0.0499. The number of aromatic nitrogens is 2. The summed E-state index contributed by atoms with van der Waals surface area (Å²) in [5, 5.41) is 7.16. The highest BCUT2D eigenvalue weighted by molar-refractivity contribution is 9.10. The fraction of sp³-hybridized carbons (Fsp3) is 0.302. The molecule has 0 saturated carbocycles. The van der Waals surface area contributed by atoms with Crippen molar-refractivity contribution in [3.05, 3.63) is 87.9 Å². The van der Waals surface area contributed by atoms with Gasteiger partial charge in [0, 0.05) is 37.7 Å². The summed E-state index contributed by atoms with van der Waals surface area (Å²) in [6.07, 6.45) is 0. The van der Waals surface area contributed by atoms with Crippen molar-refractivity contribution < 1.29 is 25.8 Å². The van der Waals surface area contributed by atoms with Gasteiger partial charge in [-0.2, -0.15) is 21.6 Å². The molecular formula is C43H38BrF3N2O3S. The molecule has 10 heteroatoms. The van der Waals surface area contributed by atoms with Crippen LogP contribution < -0.4 is 4.18 Å². The molecule has 0 N–H and O–H groups in total. The van der Waals surface area contributed by atoms with Crippen LogP contribution in [0.4, 0.5) is 13.2 Å². The third-order valence-corrected chi connectivity index (χ3v) is 12.6. The summed E-state index contributed by atoms with van der Waals surface area (Å²) in [5.74, 6) is -0.385. The molecule has 0 unspecified atom stereocenters. The van der Waals surface area contributed by atoms with Gasteiger partial charge in [0.15, 0.2) is 5.75 Å². The van der Waals surface area contributed by atoms with Crippen LogP contribution in [0, 0.1) is 0 Å². The van der Waals surface area contributed by atoms with Crippen molar-refractivity contribution in [3.63, 3.8) is 0 Å². The summed E-state index contributed by atoms with van der Waals surface area (Å²) in [6.45, 7) is 19.5. The molecule has 0 aliphatic heterocycles. The minimum Gasteiger partial charge on any atom is -0.374 e. The van der Waals surface area contributed by atoms with Crippen molar-refractivity contribution in [1.29, 1.82) is 0 Å². The lowest BCUT2D eigenvalue weighted by Crippen LogP contribution is -2.28. The molecule has 9 aromatic rings. The molecule has 4 aromatic heterocycles. The van der Waals surface area contributed by atoms with Gasteiger partial charge in [-0.25, -0.2) is 0 Å². The van der Waals surface area contributed by atoms with Crippen LogP contribution in [0.1, 0.15) is 79.0 Å². The number of hydrogen-bond acceptors (Lipinski definition) is 3. The Morgan fingerprint density at radius 3 is 1.47 bits per heavy atom. The maximum absolute atomic E-state index is 13.8. The molecule has 0 radical (unpaired) electrons. The van der Waals surface area contributed by atoms with Gasteiger partial charge < -0.3 is 13.0 Å². The van der Waals surface area contributed by atoms with E-state index in [0.717, 1.165) is 54.7 Å². The predicted octanol–water partition coefficient (Wildman–Crippen LogP) is 12.9. The molecular weight excluding hydrogens is 761 g/mol. The second-order valence-corrected chi connectivity index (χ2v) is 20.0. The summed E-state index contributed by atoms with van der Waals surface area (Å²) in [7, 11) is -5.97. The molecule has 0 bridgehead atoms. The van der Waals surface area contributed by atoms with Crippen LogP contribution in [-0.2, 0) is 26.4 Å². The van der Waals surface area contributed by atoms with Gasteiger partial charge in [-0.05, 0) is 103 Å². The van der Waals surface area contributed by atoms with Crippen molar-refractivity contribution in [2.75, 3.05) is 0 Å². The highest BCUT2D eigenvalue weighted by Gasteiger charge is 2.49. The molecule has 0 atom stereocenters. The Hall–Kier alpha value is -4.28. The van der Waals surface area contributed by atoms with Gasteiger partial charge in [0.05, 0.1) is 43.0 Å². The molecule has 0 spiro atoms. The number of rotatable bonds is 2. The van der Waals surface area contributed by atoms with E-state index in [1.165, 1.54) is 21.9 Å². The number of benzene rings is 5. The third kappa shape index (κ3) is 4.70. The van der Waals surface area contributed by atoms with Crippen LogP contribution in [0.3, 0.4) is 0 Å². The van der Waals surface area contributed by atoms with Gasteiger partial charge in [0.2, 0.25) is 0 Å². The highest BCUT2D eigenvalue weighted by Crippen LogP contribution is 2.51. The zero-order valence-electron chi connectivity index (χ0n) is 30.9. The van der Waals surface area contributed by atoms with E-state index in [1.54, 1.807) is 6.07 Å². The Kier molecular flexibility index (Phi) is 6.68. The number of alkyl halides is 3. The van der Waals surface area contributed by atoms with Crippen LogP contribution in [0.25, 0.3) is 76.2 Å². The Balaban J connectivity index is 1.48. The molecule has 272 valence electrons. The van der Waals surface area contributed by atoms with Crippen LogP contribution in [0.15, 0.2) is 71.2 Å². The largest absolute Gasteiger partial charge is 0.534 e. The van der Waals surface area contributed by atoms with Crippen molar-refractivity contribution in [2.24, 2.45) is 0 Å². The van der Waals surface area contributed by atoms with E-state index < -0.39 is 15.6 Å². The molecule has 0 aliphatic carbocycles. The van der Waals surface area contributed by atoms with Gasteiger partial charge in [-0.3, -0.25) is 0 Å². The van der Waals surface area contributed by atoms with E-state index in [-0.39, 0.29) is 26.5 Å². The van der Waals surface area contributed by atoms with Crippen LogP contribution in [0.2, 0.25) is 0 Å². The van der Waals surface area contributed by atoms with Crippen LogP contribution in [0.5, 0.6) is 5.75 Å². The number of halogens is 4. The first-order chi connectivity index (χ1) is 24.5. The SMILES string of the molecule is CC(C)(C)c1ccc2c(c1)c1cc(C(C)(C)C)cc3c4cc5c6cc(Br)c(OS(=O)(=O)C(F)(F)F)c7c8cc(C(C)(C)C)ccc8n(c5cc4n2c13)c67. The summed E-state index contributed by atoms with van der Waals surface area (Å²) in [6, 6.07) is 23.4. The summed E-state index contributed by atoms with van der Waals surface area (Å²) >= 11 is 3.44. The molecule has 9 rings (SSSR count). The summed E-state index contributed by atoms with van der Waals surface area (Å²) < 4.78 is 75.9. The normalized spacial score (nSPS) is 14.3. The fourth-order valence-electron chi connectivity index (χ4n) is 8.20. The number of nitrogens with zero attached hydrogens (tertiary/aromatic N) is 2. The van der Waals surface area contributed by atoms with E-state index in [9.17, 15) is 21.6 Å². The lowest BCUT2D eigenvalue weighted by atomic mass is 9.84. The maximum atomic E-state index is 13.8. The van der Waals surface area contributed by atoms with Gasteiger partial charge in [-0.15, -0.1) is 0 Å². The Labute approximate surface area is 313 Å². The second kappa shape index (κ2) is 10.3. The van der Waals surface area contributed by atoms with E-state index in [0.29, 0.717) is 16.3 Å². The van der Waals surface area contributed by atoms with E-state index in [2.05, 4.69) is 125 Å². The Bertz CT molecular complexity index is 3150. The van der Waals surface area contributed by atoms with Gasteiger partial charge >= 0.3 is 15.6 Å². The summed E-state index contributed by atoms with van der Waals surface area (Å²) in [5.41, 5.74) is 2.84. The van der Waals surface area contributed by atoms with Gasteiger partial charge in [0.1, 0.15) is 0 Å². The quantitative estimate of drug-likeness (QED) is 0.129. The van der Waals surface area contributed by atoms with Crippen molar-refractivity contribution in [3.8, 4) is 5.75 Å². The Morgan fingerprint density at radius 2 is 0.962 bits per heavy atom. The van der Waals surface area contributed by atoms with E-state index in [1.807, 2.05) is 22.6 Å². The minimum atomic E-state index is -5.97. The van der Waals surface area contributed by atoms with Crippen molar-refractivity contribution >= 4 is 102 Å². The molecule has 0 fully saturated rings. The zero-order chi connectivity index (χ0) is 38.1. The molecule has 5 aromatic carbocycles. The highest BCUT2D eigenvalue weighted by atomic mass is 79.9. The molecule has 53 heavy (non-hydrogen) atoms. The topological polar surface area (TPSA) is 52.2 Å². The second-order valence-electron chi connectivity index (χ2n) is 17.6. The summed E-state index contributed by atoms with van der Waals surface area (Å²) in [4.78, 5) is 0. The first-order valence-corrected chi connectivity index (χ1v) is 19.8. The smallest absolute Gasteiger partial charge is 0.374 e. The van der Waals surface area contributed by atoms with E-state index in [4.69, 9.17) is 4.18 Å². The number of fused-ring (bicyclic) bond motifs is 12. The average Bonchev–Trinajstić information content (AvgIpc) is 3.74. The van der Waals surface area contributed by atoms with Gasteiger partial charge in [-0.1, -0.05) is 74.4 Å². The van der Waals surface area contributed by atoms with Crippen LogP contribution in [-0.4, -0.2) is 22.7 Å². The van der Waals surface area contributed by atoms with Crippen LogP contribution >= 0.6 is 15.9 Å².